The summed E-state index contributed by atoms with van der Waals surface area (Å²) in [5.74, 6) is 0.281. The summed E-state index contributed by atoms with van der Waals surface area (Å²) >= 11 is 0. The minimum absolute atomic E-state index is 0.0295. The van der Waals surface area contributed by atoms with Crippen LogP contribution in [0.3, 0.4) is 0 Å². The second-order valence-electron chi connectivity index (χ2n) is 6.61. The SMILES string of the molecule is CC(F)(F)Oc1ccc(-c2cc(NC(=O)[C@@H]3CO3)c(C#N)c3c2OCC3)cc1. The van der Waals surface area contributed by atoms with Crippen LogP contribution in [0.4, 0.5) is 14.5 Å². The zero-order valence-corrected chi connectivity index (χ0v) is 14.9. The highest BCUT2D eigenvalue weighted by atomic mass is 19.3. The predicted octanol–water partition coefficient (Wildman–Crippen LogP) is 3.49. The molecular formula is C20H16F2N2O4. The first kappa shape index (κ1) is 18.2. The van der Waals surface area contributed by atoms with Gasteiger partial charge in [0.25, 0.3) is 5.91 Å². The molecule has 4 rings (SSSR count). The Morgan fingerprint density at radius 2 is 2.07 bits per heavy atom. The number of anilines is 1. The normalized spacial score (nSPS) is 17.3. The summed E-state index contributed by atoms with van der Waals surface area (Å²) in [5, 5.41) is 12.3. The van der Waals surface area contributed by atoms with Crippen LogP contribution in [0.2, 0.25) is 0 Å². The van der Waals surface area contributed by atoms with Crippen molar-refractivity contribution in [3.8, 4) is 28.7 Å². The van der Waals surface area contributed by atoms with Crippen LogP contribution in [0.1, 0.15) is 18.1 Å². The Kier molecular flexibility index (Phi) is 4.40. The van der Waals surface area contributed by atoms with E-state index >= 15 is 0 Å². The van der Waals surface area contributed by atoms with E-state index in [0.29, 0.717) is 60.2 Å². The molecule has 1 N–H and O–H groups in total. The molecule has 6 nitrogen and oxygen atoms in total. The molecular weight excluding hydrogens is 370 g/mol. The average molecular weight is 386 g/mol. The molecule has 2 aliphatic rings. The van der Waals surface area contributed by atoms with Gasteiger partial charge in [-0.2, -0.15) is 14.0 Å². The lowest BCUT2D eigenvalue weighted by Gasteiger charge is -2.16. The summed E-state index contributed by atoms with van der Waals surface area (Å²) in [6.45, 7) is 1.45. The Morgan fingerprint density at radius 1 is 1.36 bits per heavy atom. The van der Waals surface area contributed by atoms with Gasteiger partial charge in [0.05, 0.1) is 24.5 Å². The number of epoxide rings is 1. The third kappa shape index (κ3) is 3.62. The van der Waals surface area contributed by atoms with Crippen molar-refractivity contribution in [3.63, 3.8) is 0 Å². The number of nitrogens with zero attached hydrogens (tertiary/aromatic N) is 1. The van der Waals surface area contributed by atoms with Crippen LogP contribution in [0, 0.1) is 11.3 Å². The molecule has 0 unspecified atom stereocenters. The molecule has 1 atom stereocenters. The molecule has 2 aromatic carbocycles. The van der Waals surface area contributed by atoms with Crippen LogP contribution in [0.25, 0.3) is 11.1 Å². The zero-order valence-electron chi connectivity index (χ0n) is 14.9. The summed E-state index contributed by atoms with van der Waals surface area (Å²) in [5.41, 5.74) is 2.80. The minimum Gasteiger partial charge on any atom is -0.492 e. The molecule has 8 heteroatoms. The number of amides is 1. The lowest BCUT2D eigenvalue weighted by Crippen LogP contribution is -2.19. The van der Waals surface area contributed by atoms with Crippen molar-refractivity contribution in [2.45, 2.75) is 25.6 Å². The number of benzene rings is 2. The van der Waals surface area contributed by atoms with E-state index in [1.165, 1.54) is 12.1 Å². The number of carbonyl (C=O) groups excluding carboxylic acids is 1. The molecule has 1 amide bonds. The van der Waals surface area contributed by atoms with Crippen molar-refractivity contribution in [1.82, 2.24) is 0 Å². The third-order valence-corrected chi connectivity index (χ3v) is 4.43. The van der Waals surface area contributed by atoms with Gasteiger partial charge in [-0.05, 0) is 23.8 Å². The second-order valence-corrected chi connectivity index (χ2v) is 6.61. The summed E-state index contributed by atoms with van der Waals surface area (Å²) < 4.78 is 41.3. The van der Waals surface area contributed by atoms with Crippen molar-refractivity contribution in [2.75, 3.05) is 18.5 Å². The van der Waals surface area contributed by atoms with Gasteiger partial charge >= 0.3 is 6.11 Å². The molecule has 0 aliphatic carbocycles. The van der Waals surface area contributed by atoms with Crippen LogP contribution in [0.5, 0.6) is 11.5 Å². The van der Waals surface area contributed by atoms with Crippen molar-refractivity contribution < 1.29 is 27.8 Å². The molecule has 0 saturated carbocycles. The van der Waals surface area contributed by atoms with E-state index in [9.17, 15) is 18.8 Å². The maximum absolute atomic E-state index is 13.0. The summed E-state index contributed by atoms with van der Waals surface area (Å²) in [7, 11) is 0. The van der Waals surface area contributed by atoms with E-state index < -0.39 is 12.2 Å². The van der Waals surface area contributed by atoms with E-state index in [2.05, 4.69) is 16.1 Å². The number of hydrogen-bond donors (Lipinski definition) is 1. The van der Waals surface area contributed by atoms with Crippen LogP contribution in [-0.2, 0) is 16.0 Å². The molecule has 1 saturated heterocycles. The number of rotatable bonds is 5. The number of alkyl halides is 2. The van der Waals surface area contributed by atoms with Gasteiger partial charge in [0.15, 0.2) is 6.10 Å². The molecule has 0 bridgehead atoms. The first-order valence-electron chi connectivity index (χ1n) is 8.68. The summed E-state index contributed by atoms with van der Waals surface area (Å²) in [6.07, 6.45) is -3.23. The Labute approximate surface area is 159 Å². The fourth-order valence-electron chi connectivity index (χ4n) is 3.14. The molecule has 0 spiro atoms. The van der Waals surface area contributed by atoms with Gasteiger partial charge in [-0.25, -0.2) is 0 Å². The fraction of sp³-hybridized carbons (Fsp3) is 0.300. The van der Waals surface area contributed by atoms with Crippen LogP contribution in [-0.4, -0.2) is 31.3 Å². The van der Waals surface area contributed by atoms with E-state index in [4.69, 9.17) is 9.47 Å². The Hall–Kier alpha value is -3.18. The molecule has 28 heavy (non-hydrogen) atoms. The summed E-state index contributed by atoms with van der Waals surface area (Å²) in [4.78, 5) is 12.1. The molecule has 2 aliphatic heterocycles. The number of fused-ring (bicyclic) bond motifs is 1. The van der Waals surface area contributed by atoms with Crippen molar-refractivity contribution in [2.24, 2.45) is 0 Å². The van der Waals surface area contributed by atoms with Crippen molar-refractivity contribution >= 4 is 11.6 Å². The van der Waals surface area contributed by atoms with Gasteiger partial charge in [-0.3, -0.25) is 4.79 Å². The van der Waals surface area contributed by atoms with E-state index in [1.807, 2.05) is 0 Å². The first-order valence-corrected chi connectivity index (χ1v) is 8.68. The van der Waals surface area contributed by atoms with Crippen LogP contribution < -0.4 is 14.8 Å². The lowest BCUT2D eigenvalue weighted by molar-refractivity contribution is -0.158. The van der Waals surface area contributed by atoms with Gasteiger partial charge in [-0.1, -0.05) is 12.1 Å². The van der Waals surface area contributed by atoms with Gasteiger partial charge in [0.1, 0.15) is 17.6 Å². The number of nitriles is 1. The molecule has 144 valence electrons. The highest BCUT2D eigenvalue weighted by Crippen LogP contribution is 2.43. The van der Waals surface area contributed by atoms with E-state index in [-0.39, 0.29) is 11.7 Å². The fourth-order valence-corrected chi connectivity index (χ4v) is 3.14. The number of hydrogen-bond acceptors (Lipinski definition) is 5. The topological polar surface area (TPSA) is 83.9 Å². The number of ether oxygens (including phenoxy) is 3. The van der Waals surface area contributed by atoms with Gasteiger partial charge in [0, 0.05) is 24.5 Å². The zero-order chi connectivity index (χ0) is 19.9. The van der Waals surface area contributed by atoms with Crippen molar-refractivity contribution in [1.29, 1.82) is 5.26 Å². The average Bonchev–Trinajstić information content (AvgIpc) is 3.38. The quantitative estimate of drug-likeness (QED) is 0.796. The van der Waals surface area contributed by atoms with E-state index in [1.54, 1.807) is 18.2 Å². The number of carbonyl (C=O) groups is 1. The first-order chi connectivity index (χ1) is 13.4. The highest BCUT2D eigenvalue weighted by Gasteiger charge is 2.33. The minimum atomic E-state index is -3.28. The largest absolute Gasteiger partial charge is 0.492 e. The smallest absolute Gasteiger partial charge is 0.394 e. The third-order valence-electron chi connectivity index (χ3n) is 4.43. The maximum atomic E-state index is 13.0. The highest BCUT2D eigenvalue weighted by molar-refractivity contribution is 5.98. The Morgan fingerprint density at radius 3 is 2.68 bits per heavy atom. The second kappa shape index (κ2) is 6.77. The Bertz CT molecular complexity index is 974. The molecule has 0 aromatic heterocycles. The van der Waals surface area contributed by atoms with E-state index in [0.717, 1.165) is 0 Å². The monoisotopic (exact) mass is 386 g/mol. The maximum Gasteiger partial charge on any atom is 0.394 e. The standard InChI is InChI=1S/C20H16F2N2O4/c1-20(21,22)28-12-4-2-11(3-5-12)14-8-16(24-19(25)17-10-27-17)15(9-23)13-6-7-26-18(13)14/h2-5,8,17H,6-7,10H2,1H3,(H,24,25)/t17-/m0/s1. The number of halogens is 2. The molecule has 2 aromatic rings. The summed E-state index contributed by atoms with van der Waals surface area (Å²) in [6, 6.07) is 9.91. The molecule has 0 radical (unpaired) electrons. The predicted molar refractivity (Wildman–Crippen MR) is 95.4 cm³/mol. The Balaban J connectivity index is 1.73. The number of nitrogens with one attached hydrogen (secondary N) is 1. The molecule has 1 fully saturated rings. The van der Waals surface area contributed by atoms with Crippen LogP contribution in [0.15, 0.2) is 30.3 Å². The molecule has 2 heterocycles. The van der Waals surface area contributed by atoms with Crippen molar-refractivity contribution in [3.05, 3.63) is 41.5 Å². The van der Waals surface area contributed by atoms with Gasteiger partial charge < -0.3 is 19.5 Å². The lowest BCUT2D eigenvalue weighted by atomic mass is 9.95. The van der Waals surface area contributed by atoms with Gasteiger partial charge in [0.2, 0.25) is 0 Å². The van der Waals surface area contributed by atoms with Crippen LogP contribution >= 0.6 is 0 Å². The van der Waals surface area contributed by atoms with Gasteiger partial charge in [-0.15, -0.1) is 0 Å².